The van der Waals surface area contributed by atoms with Crippen LogP contribution in [0.15, 0.2) is 0 Å². The smallest absolute Gasteiger partial charge is 0.305 e. The number of ether oxygens (including phenoxy) is 1. The van der Waals surface area contributed by atoms with E-state index in [9.17, 15) is 4.79 Å². The molecule has 0 aliphatic carbocycles. The number of rotatable bonds is 6. The van der Waals surface area contributed by atoms with Crippen molar-refractivity contribution in [2.75, 3.05) is 6.61 Å². The molecule has 0 rings (SSSR count). The molecule has 2 heteroatoms. The second-order valence-electron chi connectivity index (χ2n) is 3.21. The third-order valence-electron chi connectivity index (χ3n) is 2.08. The van der Waals surface area contributed by atoms with E-state index in [1.807, 2.05) is 6.92 Å². The molecule has 0 amide bonds. The predicted octanol–water partition coefficient (Wildman–Crippen LogP) is 2.77. The Hall–Kier alpha value is -0.530. The largest absolute Gasteiger partial charge is 0.466 e. The Bertz CT molecular complexity index is 121. The highest BCUT2D eigenvalue weighted by atomic mass is 16.5. The van der Waals surface area contributed by atoms with Crippen LogP contribution >= 0.6 is 0 Å². The zero-order valence-corrected chi connectivity index (χ0v) is 8.43. The predicted molar refractivity (Wildman–Crippen MR) is 49.9 cm³/mol. The van der Waals surface area contributed by atoms with Crippen LogP contribution in [-0.4, -0.2) is 12.6 Å². The van der Waals surface area contributed by atoms with E-state index < -0.39 is 0 Å². The lowest BCUT2D eigenvalue weighted by atomic mass is 10.0. The highest BCUT2D eigenvalue weighted by Crippen LogP contribution is 2.11. The van der Waals surface area contributed by atoms with Crippen molar-refractivity contribution in [3.8, 4) is 0 Å². The van der Waals surface area contributed by atoms with Crippen LogP contribution in [0.2, 0.25) is 0 Å². The van der Waals surface area contributed by atoms with Crippen molar-refractivity contribution in [3.05, 3.63) is 0 Å². The van der Waals surface area contributed by atoms with Crippen molar-refractivity contribution >= 4 is 5.97 Å². The van der Waals surface area contributed by atoms with Crippen LogP contribution in [0.5, 0.6) is 0 Å². The van der Waals surface area contributed by atoms with Crippen LogP contribution in [-0.2, 0) is 9.53 Å². The van der Waals surface area contributed by atoms with Gasteiger partial charge in [-0.15, -0.1) is 0 Å². The lowest BCUT2D eigenvalue weighted by Gasteiger charge is -2.06. The van der Waals surface area contributed by atoms with E-state index in [1.54, 1.807) is 0 Å². The van der Waals surface area contributed by atoms with Gasteiger partial charge in [-0.2, -0.15) is 0 Å². The van der Waals surface area contributed by atoms with Crippen LogP contribution in [0, 0.1) is 5.92 Å². The summed E-state index contributed by atoms with van der Waals surface area (Å²) in [5, 5.41) is 0. The van der Waals surface area contributed by atoms with Gasteiger partial charge < -0.3 is 4.74 Å². The zero-order valence-electron chi connectivity index (χ0n) is 8.43. The quantitative estimate of drug-likeness (QED) is 0.576. The van der Waals surface area contributed by atoms with Crippen LogP contribution < -0.4 is 0 Å². The molecule has 0 radical (unpaired) electrons. The minimum atomic E-state index is -0.0548. The Morgan fingerprint density at radius 3 is 2.58 bits per heavy atom. The molecule has 72 valence electrons. The maximum Gasteiger partial charge on any atom is 0.305 e. The third-order valence-corrected chi connectivity index (χ3v) is 2.08. The van der Waals surface area contributed by atoms with E-state index in [0.29, 0.717) is 13.0 Å². The topological polar surface area (TPSA) is 26.3 Å². The molecule has 1 atom stereocenters. The molecule has 12 heavy (non-hydrogen) atoms. The highest BCUT2D eigenvalue weighted by molar-refractivity contribution is 5.69. The maximum atomic E-state index is 10.9. The van der Waals surface area contributed by atoms with Gasteiger partial charge in [0, 0.05) is 6.42 Å². The minimum absolute atomic E-state index is 0.0548. The van der Waals surface area contributed by atoms with Gasteiger partial charge in [0.2, 0.25) is 0 Å². The Balaban J connectivity index is 3.24. The van der Waals surface area contributed by atoms with Gasteiger partial charge >= 0.3 is 5.97 Å². The molecule has 0 saturated carbocycles. The van der Waals surface area contributed by atoms with Crippen LogP contribution in [0.1, 0.15) is 46.5 Å². The Morgan fingerprint density at radius 1 is 1.42 bits per heavy atom. The van der Waals surface area contributed by atoms with Crippen molar-refractivity contribution in [2.24, 2.45) is 5.92 Å². The van der Waals surface area contributed by atoms with Gasteiger partial charge in [-0.1, -0.05) is 26.7 Å². The van der Waals surface area contributed by atoms with E-state index >= 15 is 0 Å². The molecule has 0 bridgehead atoms. The first-order valence-electron chi connectivity index (χ1n) is 4.86. The summed E-state index contributed by atoms with van der Waals surface area (Å²) in [6.07, 6.45) is 3.88. The molecule has 0 fully saturated rings. The molecule has 0 unspecified atom stereocenters. The van der Waals surface area contributed by atoms with Gasteiger partial charge in [-0.3, -0.25) is 4.79 Å². The average molecular weight is 172 g/mol. The van der Waals surface area contributed by atoms with Gasteiger partial charge in [0.05, 0.1) is 6.61 Å². The highest BCUT2D eigenvalue weighted by Gasteiger charge is 2.03. The van der Waals surface area contributed by atoms with Crippen molar-refractivity contribution < 1.29 is 9.53 Å². The number of hydrogen-bond donors (Lipinski definition) is 0. The van der Waals surface area contributed by atoms with E-state index in [4.69, 9.17) is 4.74 Å². The minimum Gasteiger partial charge on any atom is -0.466 e. The lowest BCUT2D eigenvalue weighted by Crippen LogP contribution is -2.04. The first kappa shape index (κ1) is 11.5. The second kappa shape index (κ2) is 7.14. The summed E-state index contributed by atoms with van der Waals surface area (Å²) in [5.74, 6) is 0.681. The molecule has 0 N–H and O–H groups in total. The van der Waals surface area contributed by atoms with E-state index in [2.05, 4.69) is 13.8 Å². The van der Waals surface area contributed by atoms with Crippen molar-refractivity contribution in [1.82, 2.24) is 0 Å². The standard InChI is InChI=1S/C10H20O2/c1-4-9(3)7-6-8-10(11)12-5-2/h9H,4-8H2,1-3H3/t9-/m1/s1. The molecule has 0 aromatic carbocycles. The summed E-state index contributed by atoms with van der Waals surface area (Å²) in [4.78, 5) is 10.9. The first-order chi connectivity index (χ1) is 5.70. The van der Waals surface area contributed by atoms with Gasteiger partial charge in [0.15, 0.2) is 0 Å². The number of carbonyl (C=O) groups excluding carboxylic acids is 1. The van der Waals surface area contributed by atoms with Crippen LogP contribution in [0.25, 0.3) is 0 Å². The Kier molecular flexibility index (Phi) is 6.82. The van der Waals surface area contributed by atoms with Crippen LogP contribution in [0.3, 0.4) is 0 Å². The fourth-order valence-corrected chi connectivity index (χ4v) is 1.03. The monoisotopic (exact) mass is 172 g/mol. The summed E-state index contributed by atoms with van der Waals surface area (Å²) in [6.45, 7) is 6.73. The van der Waals surface area contributed by atoms with Crippen molar-refractivity contribution in [3.63, 3.8) is 0 Å². The zero-order chi connectivity index (χ0) is 9.40. The maximum absolute atomic E-state index is 10.9. The number of carbonyl (C=O) groups is 1. The normalized spacial score (nSPS) is 12.6. The summed E-state index contributed by atoms with van der Waals surface area (Å²) < 4.78 is 4.82. The average Bonchev–Trinajstić information content (AvgIpc) is 2.04. The molecule has 0 heterocycles. The van der Waals surface area contributed by atoms with Crippen molar-refractivity contribution in [2.45, 2.75) is 46.5 Å². The molecule has 0 aromatic rings. The second-order valence-corrected chi connectivity index (χ2v) is 3.21. The molecule has 0 aliphatic heterocycles. The van der Waals surface area contributed by atoms with Gasteiger partial charge in [-0.25, -0.2) is 0 Å². The third kappa shape index (κ3) is 6.20. The summed E-state index contributed by atoms with van der Waals surface area (Å²) in [6, 6.07) is 0. The number of esters is 1. The molecular formula is C10H20O2. The fraction of sp³-hybridized carbons (Fsp3) is 0.900. The summed E-state index contributed by atoms with van der Waals surface area (Å²) in [5.41, 5.74) is 0. The van der Waals surface area contributed by atoms with Crippen molar-refractivity contribution in [1.29, 1.82) is 0 Å². The SMILES string of the molecule is CCOC(=O)CCC[C@H](C)CC. The Labute approximate surface area is 75.3 Å². The van der Waals surface area contributed by atoms with Crippen LogP contribution in [0.4, 0.5) is 0 Å². The number of hydrogen-bond acceptors (Lipinski definition) is 2. The molecule has 0 aromatic heterocycles. The fourth-order valence-electron chi connectivity index (χ4n) is 1.03. The Morgan fingerprint density at radius 2 is 2.08 bits per heavy atom. The van der Waals surface area contributed by atoms with E-state index in [1.165, 1.54) is 6.42 Å². The molecule has 0 aliphatic rings. The van der Waals surface area contributed by atoms with E-state index in [-0.39, 0.29) is 5.97 Å². The summed E-state index contributed by atoms with van der Waals surface area (Å²) in [7, 11) is 0. The molecule has 0 spiro atoms. The van der Waals surface area contributed by atoms with Gasteiger partial charge in [0.25, 0.3) is 0 Å². The van der Waals surface area contributed by atoms with E-state index in [0.717, 1.165) is 18.8 Å². The first-order valence-corrected chi connectivity index (χ1v) is 4.86. The van der Waals surface area contributed by atoms with Gasteiger partial charge in [0.1, 0.15) is 0 Å². The molecule has 0 saturated heterocycles. The molecule has 2 nitrogen and oxygen atoms in total. The van der Waals surface area contributed by atoms with Gasteiger partial charge in [-0.05, 0) is 19.3 Å². The summed E-state index contributed by atoms with van der Waals surface area (Å²) >= 11 is 0. The molecular weight excluding hydrogens is 152 g/mol. The lowest BCUT2D eigenvalue weighted by molar-refractivity contribution is -0.143.